The lowest BCUT2D eigenvalue weighted by Crippen LogP contribution is -2.38. The molecule has 1 heterocycles. The van der Waals surface area contributed by atoms with Gasteiger partial charge in [-0.25, -0.2) is 0 Å². The Balaban J connectivity index is 2.42. The van der Waals surface area contributed by atoms with Crippen LogP contribution in [0.4, 0.5) is 0 Å². The molecule has 4 atom stereocenters. The molecule has 0 aromatic carbocycles. The van der Waals surface area contributed by atoms with Gasteiger partial charge in [0.05, 0.1) is 6.10 Å². The van der Waals surface area contributed by atoms with E-state index in [0.29, 0.717) is 17.9 Å². The largest absolute Gasteiger partial charge is 0.353 e. The molecule has 0 spiro atoms. The van der Waals surface area contributed by atoms with Crippen molar-refractivity contribution in [2.45, 2.75) is 46.5 Å². The van der Waals surface area contributed by atoms with Crippen LogP contribution in [0.3, 0.4) is 0 Å². The SMILES string of the molecule is CCO[C@H]1C[C@@H](C)[C@@H](C)C(C)O1. The Morgan fingerprint density at radius 1 is 1.33 bits per heavy atom. The predicted octanol–water partition coefficient (Wildman–Crippen LogP) is 2.43. The Morgan fingerprint density at radius 2 is 2.00 bits per heavy atom. The van der Waals surface area contributed by atoms with E-state index < -0.39 is 0 Å². The van der Waals surface area contributed by atoms with Crippen LogP contribution < -0.4 is 0 Å². The molecule has 1 aliphatic rings. The summed E-state index contributed by atoms with van der Waals surface area (Å²) in [7, 11) is 0. The fourth-order valence-electron chi connectivity index (χ4n) is 1.69. The van der Waals surface area contributed by atoms with Crippen LogP contribution in [-0.2, 0) is 9.47 Å². The first-order chi connectivity index (χ1) is 5.65. The molecule has 1 rings (SSSR count). The van der Waals surface area contributed by atoms with E-state index in [2.05, 4.69) is 20.8 Å². The summed E-state index contributed by atoms with van der Waals surface area (Å²) in [5, 5.41) is 0. The van der Waals surface area contributed by atoms with E-state index in [4.69, 9.17) is 9.47 Å². The Morgan fingerprint density at radius 3 is 2.50 bits per heavy atom. The van der Waals surface area contributed by atoms with Crippen LogP contribution in [0.2, 0.25) is 0 Å². The first-order valence-electron chi connectivity index (χ1n) is 4.92. The van der Waals surface area contributed by atoms with Gasteiger partial charge in [0.1, 0.15) is 0 Å². The Hall–Kier alpha value is -0.0800. The fourth-order valence-corrected chi connectivity index (χ4v) is 1.69. The lowest BCUT2D eigenvalue weighted by Gasteiger charge is -2.37. The van der Waals surface area contributed by atoms with Crippen LogP contribution in [0.1, 0.15) is 34.1 Å². The average Bonchev–Trinajstić information content (AvgIpc) is 2.01. The lowest BCUT2D eigenvalue weighted by atomic mass is 9.86. The minimum absolute atomic E-state index is 0.0381. The van der Waals surface area contributed by atoms with Crippen molar-refractivity contribution in [1.82, 2.24) is 0 Å². The summed E-state index contributed by atoms with van der Waals surface area (Å²) >= 11 is 0. The fraction of sp³-hybridized carbons (Fsp3) is 1.00. The molecule has 0 bridgehead atoms. The second-order valence-corrected chi connectivity index (χ2v) is 3.80. The van der Waals surface area contributed by atoms with Gasteiger partial charge >= 0.3 is 0 Å². The summed E-state index contributed by atoms with van der Waals surface area (Å²) in [5.74, 6) is 1.37. The van der Waals surface area contributed by atoms with Gasteiger partial charge in [0.2, 0.25) is 0 Å². The highest BCUT2D eigenvalue weighted by Gasteiger charge is 2.30. The molecule has 0 amide bonds. The summed E-state index contributed by atoms with van der Waals surface area (Å²) in [6.45, 7) is 9.41. The Labute approximate surface area is 75.2 Å². The van der Waals surface area contributed by atoms with Gasteiger partial charge in [-0.15, -0.1) is 0 Å². The van der Waals surface area contributed by atoms with Crippen molar-refractivity contribution in [2.75, 3.05) is 6.61 Å². The third kappa shape index (κ3) is 2.20. The zero-order chi connectivity index (χ0) is 9.14. The van der Waals surface area contributed by atoms with Gasteiger partial charge < -0.3 is 9.47 Å². The summed E-state index contributed by atoms with van der Waals surface area (Å²) < 4.78 is 11.1. The topological polar surface area (TPSA) is 18.5 Å². The van der Waals surface area contributed by atoms with Crippen LogP contribution in [0, 0.1) is 11.8 Å². The molecule has 1 unspecified atom stereocenters. The monoisotopic (exact) mass is 172 g/mol. The van der Waals surface area contributed by atoms with E-state index in [1.54, 1.807) is 0 Å². The zero-order valence-corrected chi connectivity index (χ0v) is 8.54. The summed E-state index contributed by atoms with van der Waals surface area (Å²) in [6, 6.07) is 0. The minimum atomic E-state index is 0.0381. The third-order valence-electron chi connectivity index (χ3n) is 2.92. The van der Waals surface area contributed by atoms with Gasteiger partial charge in [-0.3, -0.25) is 0 Å². The number of rotatable bonds is 2. The van der Waals surface area contributed by atoms with Gasteiger partial charge in [-0.05, 0) is 25.7 Å². The molecule has 0 N–H and O–H groups in total. The van der Waals surface area contributed by atoms with Gasteiger partial charge in [-0.2, -0.15) is 0 Å². The van der Waals surface area contributed by atoms with Crippen LogP contribution in [-0.4, -0.2) is 19.0 Å². The molecule has 0 aromatic rings. The van der Waals surface area contributed by atoms with Gasteiger partial charge in [-0.1, -0.05) is 13.8 Å². The summed E-state index contributed by atoms with van der Waals surface area (Å²) in [6.07, 6.45) is 1.42. The van der Waals surface area contributed by atoms with Crippen LogP contribution in [0.25, 0.3) is 0 Å². The minimum Gasteiger partial charge on any atom is -0.353 e. The Bertz CT molecular complexity index is 124. The molecule has 1 aliphatic heterocycles. The second kappa shape index (κ2) is 4.24. The maximum absolute atomic E-state index is 5.69. The predicted molar refractivity (Wildman–Crippen MR) is 48.9 cm³/mol. The van der Waals surface area contributed by atoms with Crippen LogP contribution in [0.15, 0.2) is 0 Å². The van der Waals surface area contributed by atoms with Crippen LogP contribution >= 0.6 is 0 Å². The van der Waals surface area contributed by atoms with E-state index in [1.165, 1.54) is 0 Å². The van der Waals surface area contributed by atoms with Gasteiger partial charge in [0.25, 0.3) is 0 Å². The molecule has 0 aromatic heterocycles. The van der Waals surface area contributed by atoms with Crippen molar-refractivity contribution < 1.29 is 9.47 Å². The van der Waals surface area contributed by atoms with Gasteiger partial charge in [0.15, 0.2) is 6.29 Å². The molecule has 1 fully saturated rings. The zero-order valence-electron chi connectivity index (χ0n) is 8.54. The molecule has 2 heteroatoms. The van der Waals surface area contributed by atoms with E-state index >= 15 is 0 Å². The van der Waals surface area contributed by atoms with Crippen molar-refractivity contribution in [3.63, 3.8) is 0 Å². The molecular formula is C10H20O2. The van der Waals surface area contributed by atoms with E-state index in [0.717, 1.165) is 13.0 Å². The van der Waals surface area contributed by atoms with E-state index in [1.807, 2.05) is 6.92 Å². The van der Waals surface area contributed by atoms with Crippen LogP contribution in [0.5, 0.6) is 0 Å². The van der Waals surface area contributed by atoms with Crippen molar-refractivity contribution >= 4 is 0 Å². The number of hydrogen-bond donors (Lipinski definition) is 0. The summed E-state index contributed by atoms with van der Waals surface area (Å²) in [5.41, 5.74) is 0. The highest BCUT2D eigenvalue weighted by molar-refractivity contribution is 4.74. The highest BCUT2D eigenvalue weighted by Crippen LogP contribution is 2.30. The molecule has 12 heavy (non-hydrogen) atoms. The molecule has 0 radical (unpaired) electrons. The maximum atomic E-state index is 5.69. The lowest BCUT2D eigenvalue weighted by molar-refractivity contribution is -0.213. The number of ether oxygens (including phenoxy) is 2. The Kier molecular flexibility index (Phi) is 3.53. The molecular weight excluding hydrogens is 152 g/mol. The van der Waals surface area contributed by atoms with Crippen molar-refractivity contribution in [3.05, 3.63) is 0 Å². The van der Waals surface area contributed by atoms with E-state index in [-0.39, 0.29) is 6.29 Å². The van der Waals surface area contributed by atoms with Crippen molar-refractivity contribution in [3.8, 4) is 0 Å². The van der Waals surface area contributed by atoms with Gasteiger partial charge in [0, 0.05) is 13.0 Å². The highest BCUT2D eigenvalue weighted by atomic mass is 16.7. The smallest absolute Gasteiger partial charge is 0.158 e. The normalized spacial score (nSPS) is 43.0. The standard InChI is InChI=1S/C10H20O2/c1-5-11-10-6-7(2)8(3)9(4)12-10/h7-10H,5-6H2,1-4H3/t7-,8-,9?,10-/m1/s1. The average molecular weight is 172 g/mol. The molecule has 1 saturated heterocycles. The molecule has 0 saturated carbocycles. The van der Waals surface area contributed by atoms with Crippen molar-refractivity contribution in [1.29, 1.82) is 0 Å². The number of hydrogen-bond acceptors (Lipinski definition) is 2. The molecule has 0 aliphatic carbocycles. The summed E-state index contributed by atoms with van der Waals surface area (Å²) in [4.78, 5) is 0. The third-order valence-corrected chi connectivity index (χ3v) is 2.92. The first-order valence-corrected chi connectivity index (χ1v) is 4.92. The molecule has 2 nitrogen and oxygen atoms in total. The second-order valence-electron chi connectivity index (χ2n) is 3.80. The van der Waals surface area contributed by atoms with E-state index in [9.17, 15) is 0 Å². The maximum Gasteiger partial charge on any atom is 0.158 e. The molecule has 72 valence electrons. The quantitative estimate of drug-likeness (QED) is 0.637. The van der Waals surface area contributed by atoms with Crippen molar-refractivity contribution in [2.24, 2.45) is 11.8 Å². The first kappa shape index (κ1) is 10.0.